The van der Waals surface area contributed by atoms with E-state index in [0.29, 0.717) is 94.6 Å². The number of aromatic nitrogens is 8. The van der Waals surface area contributed by atoms with Gasteiger partial charge in [-0.2, -0.15) is 10.2 Å². The van der Waals surface area contributed by atoms with Gasteiger partial charge in [0.05, 0.1) is 33.5 Å². The summed E-state index contributed by atoms with van der Waals surface area (Å²) in [6.45, 7) is 6.96. The van der Waals surface area contributed by atoms with E-state index in [1.807, 2.05) is 23.0 Å². The summed E-state index contributed by atoms with van der Waals surface area (Å²) in [5.41, 5.74) is 16.3. The lowest BCUT2D eigenvalue weighted by Gasteiger charge is -2.13. The van der Waals surface area contributed by atoms with Crippen LogP contribution in [0.1, 0.15) is 80.3 Å². The Labute approximate surface area is 287 Å². The van der Waals surface area contributed by atoms with Gasteiger partial charge < -0.3 is 20.6 Å². The minimum atomic E-state index is -0.583. The van der Waals surface area contributed by atoms with Crippen LogP contribution in [-0.4, -0.2) is 62.3 Å². The first-order valence-corrected chi connectivity index (χ1v) is 15.7. The number of hydrogen-bond donors (Lipinski definition) is 4. The Morgan fingerprint density at radius 1 is 0.700 bits per heavy atom. The summed E-state index contributed by atoms with van der Waals surface area (Å²) in [5, 5.41) is 14.5. The minimum absolute atomic E-state index is 0. The number of carbonyl (C=O) groups is 4. The molecule has 0 aliphatic rings. The number of hydrogen-bond acceptors (Lipinski definition) is 8. The zero-order chi connectivity index (χ0) is 35.0. The lowest BCUT2D eigenvalue weighted by atomic mass is 10.2. The maximum atomic E-state index is 13.4. The van der Waals surface area contributed by atoms with Gasteiger partial charge in [-0.3, -0.25) is 39.2 Å². The van der Waals surface area contributed by atoms with Gasteiger partial charge in [0.1, 0.15) is 11.4 Å². The van der Waals surface area contributed by atoms with E-state index in [2.05, 4.69) is 30.8 Å². The molecule has 0 bridgehead atoms. The molecule has 0 radical (unpaired) electrons. The number of carbonyl (C=O) groups excluding carboxylic acids is 4. The lowest BCUT2D eigenvalue weighted by molar-refractivity contribution is 0.0992. The molecule has 4 amide bonds. The molecule has 4 aromatic heterocycles. The molecule has 50 heavy (non-hydrogen) atoms. The smallest absolute Gasteiger partial charge is 0.276 e. The summed E-state index contributed by atoms with van der Waals surface area (Å²) in [5.74, 6) is -1.28. The monoisotopic (exact) mass is 680 g/mol. The van der Waals surface area contributed by atoms with Crippen molar-refractivity contribution in [1.82, 2.24) is 38.7 Å². The summed E-state index contributed by atoms with van der Waals surface area (Å²) in [6, 6.07) is 13.3. The van der Waals surface area contributed by atoms with Gasteiger partial charge >= 0.3 is 0 Å². The molecule has 0 fully saturated rings. The Bertz CT molecular complexity index is 2270. The molecule has 0 unspecified atom stereocenters. The number of anilines is 2. The van der Waals surface area contributed by atoms with Crippen molar-refractivity contribution in [2.45, 2.75) is 60.7 Å². The van der Waals surface area contributed by atoms with Crippen LogP contribution < -0.4 is 22.1 Å². The van der Waals surface area contributed by atoms with Gasteiger partial charge in [-0.15, -0.1) is 0 Å². The summed E-state index contributed by atoms with van der Waals surface area (Å²) in [6.07, 6.45) is 1.26. The first-order chi connectivity index (χ1) is 23.4. The molecular weight excluding hydrogens is 640 g/mol. The van der Waals surface area contributed by atoms with Crippen LogP contribution in [-0.2, 0) is 26.7 Å². The number of rotatable bonds is 12. The van der Waals surface area contributed by atoms with E-state index in [4.69, 9.17) is 11.5 Å². The van der Waals surface area contributed by atoms with Crippen LogP contribution in [0, 0.1) is 13.8 Å². The van der Waals surface area contributed by atoms with Gasteiger partial charge in [0, 0.05) is 37.8 Å². The van der Waals surface area contributed by atoms with Gasteiger partial charge in [-0.1, -0.05) is 7.43 Å². The van der Waals surface area contributed by atoms with Crippen LogP contribution in [0.5, 0.6) is 0 Å². The van der Waals surface area contributed by atoms with Crippen LogP contribution in [0.2, 0.25) is 0 Å². The normalized spacial score (nSPS) is 11.1. The van der Waals surface area contributed by atoms with Crippen LogP contribution in [0.25, 0.3) is 22.1 Å². The zero-order valence-electron chi connectivity index (χ0n) is 27.5. The second kappa shape index (κ2) is 14.0. The number of fused-ring (bicyclic) bond motifs is 2. The Hall–Kier alpha value is -6.32. The summed E-state index contributed by atoms with van der Waals surface area (Å²) >= 11 is 0. The van der Waals surface area contributed by atoms with E-state index in [1.54, 1.807) is 67.2 Å². The van der Waals surface area contributed by atoms with E-state index >= 15 is 0 Å². The van der Waals surface area contributed by atoms with Crippen LogP contribution in [0.4, 0.5) is 11.9 Å². The van der Waals surface area contributed by atoms with Crippen molar-refractivity contribution in [2.24, 2.45) is 18.5 Å². The third-order valence-electron chi connectivity index (χ3n) is 8.20. The Morgan fingerprint density at radius 2 is 1.16 bits per heavy atom. The predicted octanol–water partition coefficient (Wildman–Crippen LogP) is 3.77. The number of nitrogens with zero attached hydrogens (tertiary/aromatic N) is 8. The number of imidazole rings is 2. The molecule has 0 atom stereocenters. The quantitative estimate of drug-likeness (QED) is 0.139. The van der Waals surface area contributed by atoms with E-state index in [0.717, 1.165) is 5.69 Å². The van der Waals surface area contributed by atoms with Crippen LogP contribution in [0.15, 0.2) is 48.5 Å². The molecule has 0 saturated heterocycles. The molecule has 6 aromatic rings. The highest BCUT2D eigenvalue weighted by molar-refractivity contribution is 6.04. The molecule has 0 spiro atoms. The molecule has 260 valence electrons. The SMILES string of the molecule is C.CCn1nc(C)cc1C(=O)Nc1nc2cc(C(N)=O)ccc2n1CCCCn1c(NC(=O)c2cc(C)nn2C)nc2cc(C(N)=O)ccc21. The maximum Gasteiger partial charge on any atom is 0.276 e. The molecular formula is C34H40N12O4. The molecule has 6 N–H and O–H groups in total. The minimum Gasteiger partial charge on any atom is -0.366 e. The summed E-state index contributed by atoms with van der Waals surface area (Å²) < 4.78 is 6.88. The molecule has 0 aliphatic heterocycles. The fourth-order valence-corrected chi connectivity index (χ4v) is 5.87. The average molecular weight is 681 g/mol. The number of primary amides is 2. The van der Waals surface area contributed by atoms with Gasteiger partial charge in [-0.05, 0) is 82.1 Å². The van der Waals surface area contributed by atoms with Crippen LogP contribution in [0.3, 0.4) is 0 Å². The van der Waals surface area contributed by atoms with E-state index < -0.39 is 11.8 Å². The zero-order valence-corrected chi connectivity index (χ0v) is 27.5. The van der Waals surface area contributed by atoms with E-state index in [1.165, 1.54) is 4.68 Å². The molecule has 2 aromatic carbocycles. The average Bonchev–Trinajstić information content (AvgIpc) is 3.80. The number of amides is 4. The Kier molecular flexibility index (Phi) is 9.83. The predicted molar refractivity (Wildman–Crippen MR) is 189 cm³/mol. The second-order valence-corrected chi connectivity index (χ2v) is 11.7. The van der Waals surface area contributed by atoms with Gasteiger partial charge in [-0.25, -0.2) is 9.97 Å². The highest BCUT2D eigenvalue weighted by atomic mass is 16.2. The molecule has 16 heteroatoms. The molecule has 6 rings (SSSR count). The van der Waals surface area contributed by atoms with Crippen molar-refractivity contribution >= 4 is 57.6 Å². The van der Waals surface area contributed by atoms with Crippen molar-refractivity contribution in [3.05, 3.63) is 82.4 Å². The molecule has 16 nitrogen and oxygen atoms in total. The van der Waals surface area contributed by atoms with Gasteiger partial charge in [0.25, 0.3) is 11.8 Å². The van der Waals surface area contributed by atoms with E-state index in [9.17, 15) is 19.2 Å². The number of nitrogens with two attached hydrogens (primary N) is 2. The first-order valence-electron chi connectivity index (χ1n) is 15.7. The first kappa shape index (κ1) is 35.0. The van der Waals surface area contributed by atoms with E-state index in [-0.39, 0.29) is 19.2 Å². The van der Waals surface area contributed by atoms with Crippen molar-refractivity contribution in [2.75, 3.05) is 10.6 Å². The number of benzene rings is 2. The maximum absolute atomic E-state index is 13.4. The number of unbranched alkanes of at least 4 members (excludes halogenated alkanes) is 1. The van der Waals surface area contributed by atoms with Crippen LogP contribution >= 0.6 is 0 Å². The largest absolute Gasteiger partial charge is 0.366 e. The summed E-state index contributed by atoms with van der Waals surface area (Å²) in [7, 11) is 1.69. The van der Waals surface area contributed by atoms with Gasteiger partial charge in [0.15, 0.2) is 0 Å². The standard InChI is InChI=1S/C33H36N12O4.CH4/c1-5-45-27(15-19(3)41-45)31(49)39-33-37-23-17-21(29(35)47)9-11-25(23)44(33)13-7-6-12-43-24-10-8-20(28(34)46)16-22(24)36-32(43)38-30(48)26-14-18(2)40-42(26)4;/h8-11,14-17H,5-7,12-13H2,1-4H3,(H2,34,46)(H2,35,47)(H,36,38,48)(H,37,39,49);1H4. The second-order valence-electron chi connectivity index (χ2n) is 11.7. The third-order valence-corrected chi connectivity index (χ3v) is 8.20. The highest BCUT2D eigenvalue weighted by Crippen LogP contribution is 2.25. The Morgan fingerprint density at radius 3 is 1.60 bits per heavy atom. The van der Waals surface area contributed by atoms with Crippen molar-refractivity contribution in [1.29, 1.82) is 0 Å². The molecule has 4 heterocycles. The fourth-order valence-electron chi connectivity index (χ4n) is 5.87. The lowest BCUT2D eigenvalue weighted by Crippen LogP contribution is -2.20. The Balaban J connectivity index is 0.00000486. The van der Waals surface area contributed by atoms with Gasteiger partial charge in [0.2, 0.25) is 23.7 Å². The number of nitrogens with one attached hydrogen (secondary N) is 2. The van der Waals surface area contributed by atoms with Crippen molar-refractivity contribution < 1.29 is 19.2 Å². The summed E-state index contributed by atoms with van der Waals surface area (Å²) in [4.78, 5) is 59.6. The molecule has 0 aliphatic carbocycles. The van der Waals surface area contributed by atoms with Crippen molar-refractivity contribution in [3.63, 3.8) is 0 Å². The number of aryl methyl sites for hydroxylation is 6. The highest BCUT2D eigenvalue weighted by Gasteiger charge is 2.21. The van der Waals surface area contributed by atoms with Crippen molar-refractivity contribution in [3.8, 4) is 0 Å². The fraction of sp³-hybridized carbons (Fsp3) is 0.294. The third kappa shape index (κ3) is 6.80. The topological polar surface area (TPSA) is 216 Å². The molecule has 0 saturated carbocycles.